The molecule has 9 heteroatoms. The summed E-state index contributed by atoms with van der Waals surface area (Å²) in [4.78, 5) is 0. The van der Waals surface area contributed by atoms with Crippen molar-refractivity contribution in [3.8, 4) is 0 Å². The highest BCUT2D eigenvalue weighted by Crippen LogP contribution is 2.06. The highest BCUT2D eigenvalue weighted by atomic mass is 32.2. The minimum Gasteiger partial charge on any atom is -0.382 e. The lowest BCUT2D eigenvalue weighted by atomic mass is 10.5. The number of hydrogen-bond donors (Lipinski definition) is 1. The molecule has 132 valence electrons. The van der Waals surface area contributed by atoms with E-state index in [0.717, 1.165) is 0 Å². The fourth-order valence-electron chi connectivity index (χ4n) is 1.36. The second-order valence-electron chi connectivity index (χ2n) is 4.19. The Labute approximate surface area is 132 Å². The van der Waals surface area contributed by atoms with Gasteiger partial charge < -0.3 is 23.7 Å². The van der Waals surface area contributed by atoms with Crippen molar-refractivity contribution >= 4 is 10.1 Å². The molecule has 0 aliphatic heterocycles. The van der Waals surface area contributed by atoms with Gasteiger partial charge in [0.1, 0.15) is 0 Å². The van der Waals surface area contributed by atoms with Gasteiger partial charge in [-0.3, -0.25) is 4.55 Å². The van der Waals surface area contributed by atoms with Crippen molar-refractivity contribution in [3.05, 3.63) is 12.7 Å². The highest BCUT2D eigenvalue weighted by molar-refractivity contribution is 7.86. The van der Waals surface area contributed by atoms with Crippen LogP contribution in [0.3, 0.4) is 0 Å². The highest BCUT2D eigenvalue weighted by Gasteiger charge is 2.22. The average Bonchev–Trinajstić information content (AvgIpc) is 2.46. The van der Waals surface area contributed by atoms with E-state index in [9.17, 15) is 8.42 Å². The van der Waals surface area contributed by atoms with Crippen LogP contribution in [0.5, 0.6) is 0 Å². The predicted molar refractivity (Wildman–Crippen MR) is 80.4 cm³/mol. The Morgan fingerprint density at radius 2 is 1.50 bits per heavy atom. The van der Waals surface area contributed by atoms with Crippen LogP contribution in [0.4, 0.5) is 0 Å². The van der Waals surface area contributed by atoms with Crippen LogP contribution in [0, 0.1) is 0 Å². The van der Waals surface area contributed by atoms with Gasteiger partial charge in [0.25, 0.3) is 10.1 Å². The molecule has 0 saturated carbocycles. The van der Waals surface area contributed by atoms with E-state index in [1.165, 1.54) is 6.08 Å². The van der Waals surface area contributed by atoms with Gasteiger partial charge in [-0.2, -0.15) is 8.42 Å². The van der Waals surface area contributed by atoms with Crippen LogP contribution in [0.15, 0.2) is 12.7 Å². The van der Waals surface area contributed by atoms with Gasteiger partial charge in [0.2, 0.25) is 0 Å². The Morgan fingerprint density at radius 3 is 1.95 bits per heavy atom. The van der Waals surface area contributed by atoms with Crippen molar-refractivity contribution in [1.82, 2.24) is 0 Å². The average molecular weight is 342 g/mol. The molecule has 0 aromatic carbocycles. The van der Waals surface area contributed by atoms with E-state index in [4.69, 9.17) is 28.2 Å². The van der Waals surface area contributed by atoms with Gasteiger partial charge in [-0.25, -0.2) is 0 Å². The molecule has 0 aliphatic rings. The minimum absolute atomic E-state index is 0.0345. The van der Waals surface area contributed by atoms with Crippen molar-refractivity contribution < 1.29 is 36.7 Å². The molecule has 0 amide bonds. The lowest BCUT2D eigenvalue weighted by Crippen LogP contribution is -2.26. The molecule has 0 rings (SSSR count). The second-order valence-corrected chi connectivity index (χ2v) is 5.74. The summed E-state index contributed by atoms with van der Waals surface area (Å²) in [6.07, 6.45) is 1.44. The summed E-state index contributed by atoms with van der Waals surface area (Å²) in [6, 6.07) is 0. The monoisotopic (exact) mass is 342 g/mol. The Morgan fingerprint density at radius 1 is 1.00 bits per heavy atom. The number of ether oxygens (including phenoxy) is 5. The molecule has 0 spiro atoms. The van der Waals surface area contributed by atoms with E-state index >= 15 is 0 Å². The molecule has 0 saturated heterocycles. The molecule has 1 unspecified atom stereocenters. The fourth-order valence-corrected chi connectivity index (χ4v) is 2.00. The first-order valence-electron chi connectivity index (χ1n) is 6.93. The third-order valence-corrected chi connectivity index (χ3v) is 3.44. The first-order valence-corrected chi connectivity index (χ1v) is 8.43. The van der Waals surface area contributed by atoms with E-state index < -0.39 is 15.6 Å². The van der Waals surface area contributed by atoms with Crippen LogP contribution >= 0.6 is 0 Å². The first kappa shape index (κ1) is 21.4. The molecule has 0 aromatic rings. The minimum atomic E-state index is -4.26. The zero-order valence-electron chi connectivity index (χ0n) is 12.9. The molecular formula is C13H26O8S. The van der Waals surface area contributed by atoms with Crippen molar-refractivity contribution in [2.75, 3.05) is 60.0 Å². The normalized spacial score (nSPS) is 13.2. The molecule has 0 aromatic heterocycles. The largest absolute Gasteiger partial charge is 0.382 e. The molecule has 8 nitrogen and oxygen atoms in total. The Bertz CT molecular complexity index is 357. The molecule has 0 radical (unpaired) electrons. The van der Waals surface area contributed by atoms with E-state index in [0.29, 0.717) is 39.6 Å². The van der Waals surface area contributed by atoms with Crippen molar-refractivity contribution in [2.24, 2.45) is 0 Å². The van der Waals surface area contributed by atoms with E-state index in [1.54, 1.807) is 7.11 Å². The lowest BCUT2D eigenvalue weighted by molar-refractivity contribution is -0.000756. The van der Waals surface area contributed by atoms with Crippen LogP contribution < -0.4 is 0 Å². The topological polar surface area (TPSA) is 101 Å². The molecule has 0 fully saturated rings. The van der Waals surface area contributed by atoms with E-state index in [1.807, 2.05) is 0 Å². The summed E-state index contributed by atoms with van der Waals surface area (Å²) < 4.78 is 56.5. The summed E-state index contributed by atoms with van der Waals surface area (Å²) in [5.41, 5.74) is -1.30. The van der Waals surface area contributed by atoms with Gasteiger partial charge in [-0.15, -0.1) is 6.58 Å². The van der Waals surface area contributed by atoms with Gasteiger partial charge in [-0.05, 0) is 0 Å². The smallest absolute Gasteiger partial charge is 0.292 e. The van der Waals surface area contributed by atoms with Gasteiger partial charge in [0, 0.05) is 13.5 Å². The molecule has 1 N–H and O–H groups in total. The van der Waals surface area contributed by atoms with E-state index in [-0.39, 0.29) is 19.6 Å². The molecule has 0 bridgehead atoms. The molecule has 1 atom stereocenters. The second kappa shape index (κ2) is 14.1. The molecule has 0 aliphatic carbocycles. The van der Waals surface area contributed by atoms with Crippen LogP contribution in [0.25, 0.3) is 0 Å². The molecule has 22 heavy (non-hydrogen) atoms. The standard InChI is InChI=1S/C13H26O8S/c1-3-5-21-13(22(14,15)16)4-6-18-9-10-20-12-11-19-8-7-17-2/h3,13H,1,4-12H2,2H3,(H,14,15,16). The zero-order chi connectivity index (χ0) is 16.7. The van der Waals surface area contributed by atoms with Crippen LogP contribution in [-0.4, -0.2) is 78.4 Å². The molecular weight excluding hydrogens is 316 g/mol. The zero-order valence-corrected chi connectivity index (χ0v) is 13.8. The summed E-state index contributed by atoms with van der Waals surface area (Å²) in [5.74, 6) is 0. The van der Waals surface area contributed by atoms with Crippen LogP contribution in [-0.2, 0) is 33.8 Å². The fraction of sp³-hybridized carbons (Fsp3) is 0.846. The van der Waals surface area contributed by atoms with Gasteiger partial charge in [-0.1, -0.05) is 6.08 Å². The quantitative estimate of drug-likeness (QED) is 0.246. The first-order chi connectivity index (χ1) is 10.5. The maximum absolute atomic E-state index is 11.0. The maximum atomic E-state index is 11.0. The third-order valence-electron chi connectivity index (χ3n) is 2.41. The van der Waals surface area contributed by atoms with Crippen LogP contribution in [0.2, 0.25) is 0 Å². The Kier molecular flexibility index (Phi) is 13.7. The Balaban J connectivity index is 3.51. The number of rotatable bonds is 16. The van der Waals surface area contributed by atoms with Crippen molar-refractivity contribution in [1.29, 1.82) is 0 Å². The van der Waals surface area contributed by atoms with Gasteiger partial charge in [0.05, 0.1) is 52.9 Å². The van der Waals surface area contributed by atoms with Gasteiger partial charge in [0.15, 0.2) is 5.44 Å². The predicted octanol–water partition coefficient (Wildman–Crippen LogP) is 0.489. The van der Waals surface area contributed by atoms with Crippen molar-refractivity contribution in [3.63, 3.8) is 0 Å². The third kappa shape index (κ3) is 13.1. The summed E-state index contributed by atoms with van der Waals surface area (Å²) >= 11 is 0. The van der Waals surface area contributed by atoms with Crippen LogP contribution in [0.1, 0.15) is 6.42 Å². The Hall–Kier alpha value is -0.550. The van der Waals surface area contributed by atoms with Gasteiger partial charge >= 0.3 is 0 Å². The summed E-state index contributed by atoms with van der Waals surface area (Å²) in [6.45, 7) is 6.27. The summed E-state index contributed by atoms with van der Waals surface area (Å²) in [7, 11) is -2.65. The maximum Gasteiger partial charge on any atom is 0.292 e. The summed E-state index contributed by atoms with van der Waals surface area (Å²) in [5, 5.41) is 0. The lowest BCUT2D eigenvalue weighted by Gasteiger charge is -2.14. The molecule has 0 heterocycles. The SMILES string of the molecule is C=CCOC(CCOCCOCCOCCOC)S(=O)(=O)O. The van der Waals surface area contributed by atoms with Crippen molar-refractivity contribution in [2.45, 2.75) is 11.9 Å². The number of hydrogen-bond acceptors (Lipinski definition) is 7. The van der Waals surface area contributed by atoms with E-state index in [2.05, 4.69) is 6.58 Å². The number of methoxy groups -OCH3 is 1.